The van der Waals surface area contributed by atoms with E-state index in [0.717, 1.165) is 36.1 Å². The molecule has 0 aliphatic carbocycles. The number of aryl methyl sites for hydroxylation is 2. The standard InChI is InChI=1S/C21H26N2O3S/c1-16-6-7-17(2)20(14-16)22-21(24)19-10-8-18(9-11-19)15-27(25,26)23-12-4-3-5-13-23/h6-11,14H,3-5,12-13,15H2,1-2H3,(H,22,24). The van der Waals surface area contributed by atoms with Crippen LogP contribution < -0.4 is 5.32 Å². The van der Waals surface area contributed by atoms with Crippen LogP contribution in [0, 0.1) is 13.8 Å². The molecule has 1 saturated heterocycles. The molecule has 5 nitrogen and oxygen atoms in total. The van der Waals surface area contributed by atoms with Crippen molar-refractivity contribution >= 4 is 21.6 Å². The SMILES string of the molecule is Cc1ccc(C)c(NC(=O)c2ccc(CS(=O)(=O)N3CCCCC3)cc2)c1. The van der Waals surface area contributed by atoms with Gasteiger partial charge in [-0.2, -0.15) is 0 Å². The van der Waals surface area contributed by atoms with Gasteiger partial charge in [-0.25, -0.2) is 12.7 Å². The summed E-state index contributed by atoms with van der Waals surface area (Å²) in [6.45, 7) is 5.15. The second-order valence-electron chi connectivity index (χ2n) is 7.19. The lowest BCUT2D eigenvalue weighted by Gasteiger charge is -2.25. The molecule has 0 unspecified atom stereocenters. The fourth-order valence-corrected chi connectivity index (χ4v) is 4.87. The quantitative estimate of drug-likeness (QED) is 0.848. The fraction of sp³-hybridized carbons (Fsp3) is 0.381. The van der Waals surface area contributed by atoms with Gasteiger partial charge in [0.2, 0.25) is 10.0 Å². The maximum atomic E-state index is 12.5. The second kappa shape index (κ2) is 8.23. The smallest absolute Gasteiger partial charge is 0.255 e. The number of amides is 1. The number of hydrogen-bond donors (Lipinski definition) is 1. The number of carbonyl (C=O) groups excluding carboxylic acids is 1. The molecule has 0 spiro atoms. The van der Waals surface area contributed by atoms with E-state index in [1.54, 1.807) is 28.6 Å². The average Bonchev–Trinajstić information content (AvgIpc) is 2.66. The van der Waals surface area contributed by atoms with Crippen molar-refractivity contribution in [3.05, 3.63) is 64.7 Å². The minimum absolute atomic E-state index is 0.0219. The zero-order valence-electron chi connectivity index (χ0n) is 15.9. The Morgan fingerprint density at radius 3 is 2.33 bits per heavy atom. The molecule has 1 N–H and O–H groups in total. The number of benzene rings is 2. The van der Waals surface area contributed by atoms with E-state index < -0.39 is 10.0 Å². The molecule has 0 bridgehead atoms. The molecule has 1 aliphatic rings. The zero-order valence-corrected chi connectivity index (χ0v) is 16.7. The molecule has 1 fully saturated rings. The van der Waals surface area contributed by atoms with Gasteiger partial charge >= 0.3 is 0 Å². The maximum Gasteiger partial charge on any atom is 0.255 e. The number of nitrogens with zero attached hydrogens (tertiary/aromatic N) is 1. The fourth-order valence-electron chi connectivity index (χ4n) is 3.26. The van der Waals surface area contributed by atoms with Crippen molar-refractivity contribution in [2.45, 2.75) is 38.9 Å². The van der Waals surface area contributed by atoms with Crippen LogP contribution in [0.2, 0.25) is 0 Å². The summed E-state index contributed by atoms with van der Waals surface area (Å²) in [6, 6.07) is 12.7. The van der Waals surface area contributed by atoms with Crippen molar-refractivity contribution < 1.29 is 13.2 Å². The van der Waals surface area contributed by atoms with Crippen molar-refractivity contribution in [1.29, 1.82) is 0 Å². The van der Waals surface area contributed by atoms with Crippen LogP contribution in [-0.2, 0) is 15.8 Å². The third kappa shape index (κ3) is 4.96. The average molecular weight is 387 g/mol. The highest BCUT2D eigenvalue weighted by Crippen LogP contribution is 2.19. The first kappa shape index (κ1) is 19.6. The Kier molecular flexibility index (Phi) is 5.97. The summed E-state index contributed by atoms with van der Waals surface area (Å²) in [5, 5.41) is 2.92. The van der Waals surface area contributed by atoms with Crippen molar-refractivity contribution in [2.75, 3.05) is 18.4 Å². The number of piperidine rings is 1. The van der Waals surface area contributed by atoms with Crippen molar-refractivity contribution in [2.24, 2.45) is 0 Å². The minimum atomic E-state index is -3.30. The monoisotopic (exact) mass is 386 g/mol. The van der Waals surface area contributed by atoms with Gasteiger partial charge in [-0.1, -0.05) is 30.7 Å². The number of sulfonamides is 1. The van der Waals surface area contributed by atoms with Crippen molar-refractivity contribution in [1.82, 2.24) is 4.31 Å². The number of anilines is 1. The lowest BCUT2D eigenvalue weighted by Crippen LogP contribution is -2.36. The first-order valence-electron chi connectivity index (χ1n) is 9.30. The van der Waals surface area contributed by atoms with Gasteiger partial charge in [-0.15, -0.1) is 0 Å². The zero-order chi connectivity index (χ0) is 19.4. The lowest BCUT2D eigenvalue weighted by atomic mass is 10.1. The van der Waals surface area contributed by atoms with E-state index in [0.29, 0.717) is 24.2 Å². The molecule has 0 atom stereocenters. The van der Waals surface area contributed by atoms with Crippen LogP contribution in [-0.4, -0.2) is 31.7 Å². The maximum absolute atomic E-state index is 12.5. The van der Waals surface area contributed by atoms with Crippen LogP contribution in [0.1, 0.15) is 46.3 Å². The molecule has 0 aromatic heterocycles. The number of carbonyl (C=O) groups is 1. The Bertz CT molecular complexity index is 915. The third-order valence-corrected chi connectivity index (χ3v) is 6.76. The highest BCUT2D eigenvalue weighted by molar-refractivity contribution is 7.88. The van der Waals surface area contributed by atoms with Gasteiger partial charge in [-0.05, 0) is 61.6 Å². The van der Waals surface area contributed by atoms with Crippen LogP contribution in [0.3, 0.4) is 0 Å². The first-order chi connectivity index (χ1) is 12.8. The molecule has 144 valence electrons. The molecular formula is C21H26N2O3S. The lowest BCUT2D eigenvalue weighted by molar-refractivity contribution is 0.102. The Labute approximate surface area is 161 Å². The number of nitrogens with one attached hydrogen (secondary N) is 1. The largest absolute Gasteiger partial charge is 0.322 e. The van der Waals surface area contributed by atoms with Gasteiger partial charge in [-0.3, -0.25) is 4.79 Å². The summed E-state index contributed by atoms with van der Waals surface area (Å²) < 4.78 is 26.6. The molecule has 2 aromatic rings. The van der Waals surface area contributed by atoms with Gasteiger partial charge in [0, 0.05) is 24.3 Å². The van der Waals surface area contributed by atoms with E-state index in [9.17, 15) is 13.2 Å². The number of hydrogen-bond acceptors (Lipinski definition) is 3. The Hall–Kier alpha value is -2.18. The van der Waals surface area contributed by atoms with E-state index >= 15 is 0 Å². The normalized spacial score (nSPS) is 15.5. The van der Waals surface area contributed by atoms with Crippen LogP contribution in [0.15, 0.2) is 42.5 Å². The van der Waals surface area contributed by atoms with E-state index in [4.69, 9.17) is 0 Å². The van der Waals surface area contributed by atoms with Crippen molar-refractivity contribution in [3.63, 3.8) is 0 Å². The summed E-state index contributed by atoms with van der Waals surface area (Å²) in [7, 11) is -3.30. The Morgan fingerprint density at radius 2 is 1.67 bits per heavy atom. The topological polar surface area (TPSA) is 66.5 Å². The predicted molar refractivity (Wildman–Crippen MR) is 108 cm³/mol. The number of rotatable bonds is 5. The minimum Gasteiger partial charge on any atom is -0.322 e. The van der Waals surface area contributed by atoms with Gasteiger partial charge < -0.3 is 5.32 Å². The van der Waals surface area contributed by atoms with Crippen molar-refractivity contribution in [3.8, 4) is 0 Å². The highest BCUT2D eigenvalue weighted by Gasteiger charge is 2.24. The van der Waals surface area contributed by atoms with Crippen LogP contribution >= 0.6 is 0 Å². The predicted octanol–water partition coefficient (Wildman–Crippen LogP) is 3.87. The molecule has 0 radical (unpaired) electrons. The summed E-state index contributed by atoms with van der Waals surface area (Å²) in [5.74, 6) is -0.222. The van der Waals surface area contributed by atoms with Crippen LogP contribution in [0.25, 0.3) is 0 Å². The van der Waals surface area contributed by atoms with Gasteiger partial charge in [0.05, 0.1) is 5.75 Å². The van der Waals surface area contributed by atoms with E-state index in [2.05, 4.69) is 5.32 Å². The second-order valence-corrected chi connectivity index (χ2v) is 9.15. The van der Waals surface area contributed by atoms with Gasteiger partial charge in [0.15, 0.2) is 0 Å². The molecule has 27 heavy (non-hydrogen) atoms. The molecule has 6 heteroatoms. The molecular weight excluding hydrogens is 360 g/mol. The Balaban J connectivity index is 1.67. The van der Waals surface area contributed by atoms with Gasteiger partial charge in [0.1, 0.15) is 0 Å². The van der Waals surface area contributed by atoms with E-state index in [1.165, 1.54) is 0 Å². The van der Waals surface area contributed by atoms with E-state index in [1.807, 2.05) is 32.0 Å². The summed E-state index contributed by atoms with van der Waals surface area (Å²) in [5.41, 5.74) is 4.07. The third-order valence-electron chi connectivity index (χ3n) is 4.91. The molecule has 1 aliphatic heterocycles. The molecule has 0 saturated carbocycles. The molecule has 2 aromatic carbocycles. The first-order valence-corrected chi connectivity index (χ1v) is 10.9. The van der Waals surface area contributed by atoms with Gasteiger partial charge in [0.25, 0.3) is 5.91 Å². The van der Waals surface area contributed by atoms with Crippen LogP contribution in [0.5, 0.6) is 0 Å². The summed E-state index contributed by atoms with van der Waals surface area (Å²) in [6.07, 6.45) is 2.95. The highest BCUT2D eigenvalue weighted by atomic mass is 32.2. The molecule has 1 heterocycles. The van der Waals surface area contributed by atoms with E-state index in [-0.39, 0.29) is 11.7 Å². The molecule has 3 rings (SSSR count). The Morgan fingerprint density at radius 1 is 1.00 bits per heavy atom. The summed E-state index contributed by atoms with van der Waals surface area (Å²) >= 11 is 0. The molecule has 1 amide bonds. The van der Waals surface area contributed by atoms with Crippen LogP contribution in [0.4, 0.5) is 5.69 Å². The summed E-state index contributed by atoms with van der Waals surface area (Å²) in [4.78, 5) is 12.5.